The second kappa shape index (κ2) is 15.4. The molecule has 1 aliphatic rings. The standard InChI is InChI=1S/C57H43N/c1-40-25-35-51(45-17-7-3-8-18-45)56(37-40)58(49-33-30-44(31-34-49)43-28-26-42(27-29-43)41-15-5-2-6-16-41)57-39-48(32-36-52(57)46-19-9-4-10-20-46)55-38-47-21-11-12-22-50(47)53-23-13-14-24-54(53)55/h2-36,38-40H,37H2,1H3. The van der Waals surface area contributed by atoms with E-state index in [9.17, 15) is 0 Å². The van der Waals surface area contributed by atoms with Crippen molar-refractivity contribution in [2.75, 3.05) is 4.90 Å². The minimum absolute atomic E-state index is 0.375. The first-order chi connectivity index (χ1) is 28.7. The minimum Gasteiger partial charge on any atom is -0.313 e. The number of hydrogen-bond acceptors (Lipinski definition) is 1. The van der Waals surface area contributed by atoms with Crippen LogP contribution in [0.4, 0.5) is 11.4 Å². The Balaban J connectivity index is 1.19. The van der Waals surface area contributed by atoms with Crippen molar-refractivity contribution in [2.24, 2.45) is 5.92 Å². The van der Waals surface area contributed by atoms with Crippen LogP contribution in [0.1, 0.15) is 18.9 Å². The summed E-state index contributed by atoms with van der Waals surface area (Å²) in [6, 6.07) is 77.5. The van der Waals surface area contributed by atoms with E-state index < -0.39 is 0 Å². The molecule has 0 saturated carbocycles. The van der Waals surface area contributed by atoms with Gasteiger partial charge in [-0.1, -0.05) is 207 Å². The van der Waals surface area contributed by atoms with E-state index in [1.54, 1.807) is 0 Å². The van der Waals surface area contributed by atoms with Gasteiger partial charge in [0.25, 0.3) is 0 Å². The molecule has 1 heteroatoms. The smallest absolute Gasteiger partial charge is 0.0543 e. The molecule has 9 aromatic carbocycles. The van der Waals surface area contributed by atoms with E-state index in [1.165, 1.54) is 82.9 Å². The van der Waals surface area contributed by atoms with Crippen LogP contribution in [0.5, 0.6) is 0 Å². The van der Waals surface area contributed by atoms with Crippen molar-refractivity contribution in [1.29, 1.82) is 0 Å². The zero-order valence-corrected chi connectivity index (χ0v) is 32.6. The highest BCUT2D eigenvalue weighted by molar-refractivity contribution is 6.14. The van der Waals surface area contributed by atoms with Gasteiger partial charge in [0.2, 0.25) is 0 Å². The Morgan fingerprint density at radius 2 is 0.897 bits per heavy atom. The summed E-state index contributed by atoms with van der Waals surface area (Å²) in [5.41, 5.74) is 15.7. The van der Waals surface area contributed by atoms with Gasteiger partial charge < -0.3 is 4.90 Å². The van der Waals surface area contributed by atoms with Gasteiger partial charge in [-0.3, -0.25) is 0 Å². The van der Waals surface area contributed by atoms with E-state index in [1.807, 2.05) is 0 Å². The first-order valence-electron chi connectivity index (χ1n) is 20.3. The van der Waals surface area contributed by atoms with Crippen LogP contribution in [0, 0.1) is 5.92 Å². The van der Waals surface area contributed by atoms with E-state index in [4.69, 9.17) is 0 Å². The molecule has 0 spiro atoms. The molecule has 0 aliphatic heterocycles. The number of fused-ring (bicyclic) bond motifs is 3. The minimum atomic E-state index is 0.375. The molecular weight excluding hydrogens is 699 g/mol. The number of rotatable bonds is 8. The van der Waals surface area contributed by atoms with Crippen molar-refractivity contribution in [1.82, 2.24) is 0 Å². The van der Waals surface area contributed by atoms with Crippen LogP contribution < -0.4 is 4.90 Å². The zero-order valence-electron chi connectivity index (χ0n) is 32.6. The average molecular weight is 742 g/mol. The molecule has 1 aliphatic carbocycles. The highest BCUT2D eigenvalue weighted by Gasteiger charge is 2.26. The molecule has 0 radical (unpaired) electrons. The van der Waals surface area contributed by atoms with E-state index >= 15 is 0 Å². The summed E-state index contributed by atoms with van der Waals surface area (Å²) < 4.78 is 0. The molecule has 1 nitrogen and oxygen atoms in total. The van der Waals surface area contributed by atoms with E-state index in [2.05, 4.69) is 236 Å². The summed E-state index contributed by atoms with van der Waals surface area (Å²) in [4.78, 5) is 2.56. The molecule has 1 unspecified atom stereocenters. The van der Waals surface area contributed by atoms with Gasteiger partial charge in [-0.25, -0.2) is 0 Å². The highest BCUT2D eigenvalue weighted by Crippen LogP contribution is 2.46. The molecule has 58 heavy (non-hydrogen) atoms. The highest BCUT2D eigenvalue weighted by atomic mass is 15.2. The van der Waals surface area contributed by atoms with Crippen LogP contribution in [-0.2, 0) is 0 Å². The lowest BCUT2D eigenvalue weighted by Crippen LogP contribution is -2.22. The normalized spacial score (nSPS) is 13.9. The van der Waals surface area contributed by atoms with Crippen molar-refractivity contribution >= 4 is 38.5 Å². The largest absolute Gasteiger partial charge is 0.313 e. The zero-order chi connectivity index (χ0) is 38.8. The summed E-state index contributed by atoms with van der Waals surface area (Å²) in [5, 5.41) is 5.05. The fraction of sp³-hybridized carbons (Fsp3) is 0.0526. The van der Waals surface area contributed by atoms with Crippen LogP contribution in [-0.4, -0.2) is 0 Å². The molecule has 0 aromatic heterocycles. The molecule has 1 atom stereocenters. The van der Waals surface area contributed by atoms with Gasteiger partial charge >= 0.3 is 0 Å². The summed E-state index contributed by atoms with van der Waals surface area (Å²) in [6.45, 7) is 2.33. The maximum Gasteiger partial charge on any atom is 0.0543 e. The van der Waals surface area contributed by atoms with Gasteiger partial charge in [0.1, 0.15) is 0 Å². The van der Waals surface area contributed by atoms with Gasteiger partial charge in [-0.05, 0) is 103 Å². The predicted molar refractivity (Wildman–Crippen MR) is 248 cm³/mol. The average Bonchev–Trinajstić information content (AvgIpc) is 3.30. The Labute approximate surface area is 341 Å². The molecule has 9 aromatic rings. The molecular formula is C57H43N. The van der Waals surface area contributed by atoms with Gasteiger partial charge in [-0.15, -0.1) is 0 Å². The fourth-order valence-electron chi connectivity index (χ4n) is 8.70. The SMILES string of the molecule is CC1C=CC(c2ccccc2)=C(N(c2ccc(-c3ccc(-c4ccccc4)cc3)cc2)c2cc(-c3cc4ccccc4c4ccccc34)ccc2-c2ccccc2)C1. The van der Waals surface area contributed by atoms with Crippen molar-refractivity contribution in [2.45, 2.75) is 13.3 Å². The molecule has 0 N–H and O–H groups in total. The van der Waals surface area contributed by atoms with Crippen LogP contribution in [0.25, 0.3) is 71.6 Å². The Hall–Kier alpha value is -7.22. The predicted octanol–water partition coefficient (Wildman–Crippen LogP) is 15.8. The third kappa shape index (κ3) is 6.71. The third-order valence-electron chi connectivity index (χ3n) is 11.6. The van der Waals surface area contributed by atoms with Crippen molar-refractivity contribution in [3.8, 4) is 44.5 Å². The van der Waals surface area contributed by atoms with Gasteiger partial charge in [0, 0.05) is 22.5 Å². The summed E-state index contributed by atoms with van der Waals surface area (Å²) >= 11 is 0. The maximum absolute atomic E-state index is 2.56. The summed E-state index contributed by atoms with van der Waals surface area (Å²) in [6.07, 6.45) is 5.61. The second-order valence-corrected chi connectivity index (χ2v) is 15.4. The van der Waals surface area contributed by atoms with Crippen molar-refractivity contribution in [3.63, 3.8) is 0 Å². The van der Waals surface area contributed by atoms with E-state index in [0.29, 0.717) is 5.92 Å². The van der Waals surface area contributed by atoms with Gasteiger partial charge in [0.05, 0.1) is 5.69 Å². The molecule has 10 rings (SSSR count). The lowest BCUT2D eigenvalue weighted by molar-refractivity contribution is 0.699. The third-order valence-corrected chi connectivity index (χ3v) is 11.6. The Kier molecular flexibility index (Phi) is 9.33. The number of allylic oxidation sites excluding steroid dienone is 4. The Morgan fingerprint density at radius 1 is 0.397 bits per heavy atom. The summed E-state index contributed by atoms with van der Waals surface area (Å²) in [5.74, 6) is 0.375. The first-order valence-corrected chi connectivity index (χ1v) is 20.3. The van der Waals surface area contributed by atoms with Crippen LogP contribution in [0.3, 0.4) is 0 Å². The Morgan fingerprint density at radius 3 is 1.55 bits per heavy atom. The second-order valence-electron chi connectivity index (χ2n) is 15.4. The van der Waals surface area contributed by atoms with Crippen molar-refractivity contribution < 1.29 is 0 Å². The molecule has 0 fully saturated rings. The van der Waals surface area contributed by atoms with Crippen LogP contribution in [0.2, 0.25) is 0 Å². The summed E-state index contributed by atoms with van der Waals surface area (Å²) in [7, 11) is 0. The number of benzene rings is 9. The monoisotopic (exact) mass is 741 g/mol. The number of anilines is 2. The van der Waals surface area contributed by atoms with Crippen LogP contribution >= 0.6 is 0 Å². The van der Waals surface area contributed by atoms with Gasteiger partial charge in [-0.2, -0.15) is 0 Å². The first kappa shape index (κ1) is 35.2. The molecule has 0 saturated heterocycles. The topological polar surface area (TPSA) is 3.24 Å². The van der Waals surface area contributed by atoms with Crippen molar-refractivity contribution in [3.05, 3.63) is 236 Å². The molecule has 0 bridgehead atoms. The van der Waals surface area contributed by atoms with Gasteiger partial charge in [0.15, 0.2) is 0 Å². The lowest BCUT2D eigenvalue weighted by atomic mass is 9.88. The molecule has 0 heterocycles. The lowest BCUT2D eigenvalue weighted by Gasteiger charge is -2.35. The fourth-order valence-corrected chi connectivity index (χ4v) is 8.70. The van der Waals surface area contributed by atoms with Crippen LogP contribution in [0.15, 0.2) is 230 Å². The molecule has 0 amide bonds. The molecule has 276 valence electrons. The quantitative estimate of drug-likeness (QED) is 0.140. The van der Waals surface area contributed by atoms with E-state index in [0.717, 1.165) is 17.8 Å². The van der Waals surface area contributed by atoms with E-state index in [-0.39, 0.29) is 0 Å². The maximum atomic E-state index is 2.56. The number of nitrogens with zero attached hydrogens (tertiary/aromatic N) is 1. The number of hydrogen-bond donors (Lipinski definition) is 0. The Bertz CT molecular complexity index is 2940.